The summed E-state index contributed by atoms with van der Waals surface area (Å²) in [5, 5.41) is 3.22. The van der Waals surface area contributed by atoms with Gasteiger partial charge >= 0.3 is 0 Å². The lowest BCUT2D eigenvalue weighted by atomic mass is 10.2. The van der Waals surface area contributed by atoms with Crippen LogP contribution in [0.5, 0.6) is 0 Å². The third-order valence-corrected chi connectivity index (χ3v) is 3.37. The quantitative estimate of drug-likeness (QED) is 0.790. The molecule has 1 unspecified atom stereocenters. The van der Waals surface area contributed by atoms with E-state index in [0.717, 1.165) is 6.54 Å². The monoisotopic (exact) mass is 237 g/mol. The molecule has 94 valence electrons. The Morgan fingerprint density at radius 3 is 2.82 bits per heavy atom. The molecule has 0 spiro atoms. The third-order valence-electron chi connectivity index (χ3n) is 3.37. The van der Waals surface area contributed by atoms with Gasteiger partial charge in [0.1, 0.15) is 5.82 Å². The highest BCUT2D eigenvalue weighted by atomic mass is 19.1. The number of likely N-dealkylation sites (tertiary alicyclic amines) is 1. The summed E-state index contributed by atoms with van der Waals surface area (Å²) in [5.74, 6) is -0.254. The lowest BCUT2D eigenvalue weighted by Gasteiger charge is -2.24. The number of nitrogens with two attached hydrogens (primary N) is 1. The highest BCUT2D eigenvalue weighted by Gasteiger charge is 2.17. The van der Waals surface area contributed by atoms with Crippen molar-refractivity contribution in [3.8, 4) is 0 Å². The van der Waals surface area contributed by atoms with Gasteiger partial charge in [0.2, 0.25) is 0 Å². The fraction of sp³-hybridized carbons (Fsp3) is 0.538. The molecule has 1 atom stereocenters. The van der Waals surface area contributed by atoms with Crippen LogP contribution in [0.3, 0.4) is 0 Å². The maximum Gasteiger partial charge on any atom is 0.125 e. The van der Waals surface area contributed by atoms with Crippen LogP contribution in [0.2, 0.25) is 0 Å². The maximum absolute atomic E-state index is 13.1. The van der Waals surface area contributed by atoms with E-state index in [0.29, 0.717) is 17.4 Å². The predicted octanol–water partition coefficient (Wildman–Crippen LogP) is 2.30. The number of nitrogens with one attached hydrogen (secondary N) is 1. The molecule has 1 saturated heterocycles. The molecular formula is C13H20FN3. The molecule has 1 aliphatic heterocycles. The lowest BCUT2D eigenvalue weighted by Crippen LogP contribution is -2.35. The lowest BCUT2D eigenvalue weighted by molar-refractivity contribution is 0.269. The minimum atomic E-state index is -0.254. The summed E-state index contributed by atoms with van der Waals surface area (Å²) >= 11 is 0. The zero-order valence-corrected chi connectivity index (χ0v) is 10.2. The van der Waals surface area contributed by atoms with E-state index in [-0.39, 0.29) is 5.82 Å². The highest BCUT2D eigenvalue weighted by Crippen LogP contribution is 2.20. The molecule has 0 radical (unpaired) electrons. The predicted molar refractivity (Wildman–Crippen MR) is 69.6 cm³/mol. The fourth-order valence-electron chi connectivity index (χ4n) is 2.25. The molecule has 1 aromatic rings. The molecule has 1 heterocycles. The van der Waals surface area contributed by atoms with Crippen LogP contribution >= 0.6 is 0 Å². The molecule has 4 heteroatoms. The van der Waals surface area contributed by atoms with Gasteiger partial charge in [-0.3, -0.25) is 4.90 Å². The molecule has 3 nitrogen and oxygen atoms in total. The molecule has 1 fully saturated rings. The van der Waals surface area contributed by atoms with Crippen LogP contribution in [0.4, 0.5) is 15.8 Å². The SMILES string of the molecule is CC(CNc1cc(F)ccc1N)N1CCCC1. The largest absolute Gasteiger partial charge is 0.397 e. The number of halogens is 1. The molecule has 0 aliphatic carbocycles. The van der Waals surface area contributed by atoms with Crippen LogP contribution in [0.15, 0.2) is 18.2 Å². The van der Waals surface area contributed by atoms with Crippen molar-refractivity contribution in [2.75, 3.05) is 30.7 Å². The van der Waals surface area contributed by atoms with Gasteiger partial charge in [0.25, 0.3) is 0 Å². The van der Waals surface area contributed by atoms with Crippen molar-refractivity contribution in [2.45, 2.75) is 25.8 Å². The number of nitrogens with zero attached hydrogens (tertiary/aromatic N) is 1. The Bertz CT molecular complexity index is 375. The molecule has 2 rings (SSSR count). The van der Waals surface area contributed by atoms with Crippen LogP contribution in [0, 0.1) is 5.82 Å². The second-order valence-electron chi connectivity index (χ2n) is 4.70. The number of nitrogen functional groups attached to an aromatic ring is 1. The molecule has 1 aliphatic rings. The van der Waals surface area contributed by atoms with E-state index >= 15 is 0 Å². The van der Waals surface area contributed by atoms with E-state index in [4.69, 9.17) is 5.73 Å². The summed E-state index contributed by atoms with van der Waals surface area (Å²) in [7, 11) is 0. The van der Waals surface area contributed by atoms with Crippen molar-refractivity contribution in [1.82, 2.24) is 4.90 Å². The Kier molecular flexibility index (Phi) is 3.84. The van der Waals surface area contributed by atoms with Gasteiger partial charge < -0.3 is 11.1 Å². The zero-order valence-electron chi connectivity index (χ0n) is 10.2. The highest BCUT2D eigenvalue weighted by molar-refractivity contribution is 5.65. The molecular weight excluding hydrogens is 217 g/mol. The summed E-state index contributed by atoms with van der Waals surface area (Å²) in [4.78, 5) is 2.45. The number of hydrogen-bond donors (Lipinski definition) is 2. The minimum Gasteiger partial charge on any atom is -0.397 e. The number of rotatable bonds is 4. The van der Waals surface area contributed by atoms with Gasteiger partial charge in [-0.15, -0.1) is 0 Å². The molecule has 1 aromatic carbocycles. The van der Waals surface area contributed by atoms with Gasteiger partial charge in [-0.1, -0.05) is 0 Å². The normalized spacial score (nSPS) is 18.2. The first-order valence-electron chi connectivity index (χ1n) is 6.20. The van der Waals surface area contributed by atoms with Crippen molar-refractivity contribution >= 4 is 11.4 Å². The van der Waals surface area contributed by atoms with Crippen LogP contribution in [0.25, 0.3) is 0 Å². The Labute approximate surface area is 102 Å². The van der Waals surface area contributed by atoms with Crippen molar-refractivity contribution in [3.63, 3.8) is 0 Å². The summed E-state index contributed by atoms with van der Waals surface area (Å²) in [5.41, 5.74) is 7.07. The molecule has 3 N–H and O–H groups in total. The van der Waals surface area contributed by atoms with Crippen molar-refractivity contribution < 1.29 is 4.39 Å². The first-order valence-corrected chi connectivity index (χ1v) is 6.20. The Hall–Kier alpha value is -1.29. The molecule has 0 bridgehead atoms. The van der Waals surface area contributed by atoms with E-state index in [9.17, 15) is 4.39 Å². The number of anilines is 2. The van der Waals surface area contributed by atoms with Gasteiger partial charge in [0, 0.05) is 12.6 Å². The Balaban J connectivity index is 1.90. The van der Waals surface area contributed by atoms with E-state index in [1.54, 1.807) is 6.07 Å². The first kappa shape index (κ1) is 12.2. The fourth-order valence-corrected chi connectivity index (χ4v) is 2.25. The molecule has 17 heavy (non-hydrogen) atoms. The van der Waals surface area contributed by atoms with Crippen LogP contribution in [0.1, 0.15) is 19.8 Å². The Morgan fingerprint density at radius 1 is 1.41 bits per heavy atom. The van der Waals surface area contributed by atoms with Gasteiger partial charge in [0.15, 0.2) is 0 Å². The van der Waals surface area contributed by atoms with Gasteiger partial charge in [-0.25, -0.2) is 4.39 Å². The Morgan fingerprint density at radius 2 is 2.12 bits per heavy atom. The number of hydrogen-bond acceptors (Lipinski definition) is 3. The van der Waals surface area contributed by atoms with E-state index in [1.165, 1.54) is 38.1 Å². The van der Waals surface area contributed by atoms with E-state index < -0.39 is 0 Å². The first-order chi connectivity index (χ1) is 8.16. The van der Waals surface area contributed by atoms with Crippen LogP contribution in [-0.2, 0) is 0 Å². The van der Waals surface area contributed by atoms with Crippen molar-refractivity contribution in [3.05, 3.63) is 24.0 Å². The standard InChI is InChI=1S/C13H20FN3/c1-10(17-6-2-3-7-17)9-16-13-8-11(14)4-5-12(13)15/h4-5,8,10,16H,2-3,6-7,9,15H2,1H3. The van der Waals surface area contributed by atoms with Crippen molar-refractivity contribution in [1.29, 1.82) is 0 Å². The van der Waals surface area contributed by atoms with Gasteiger partial charge in [-0.05, 0) is 51.1 Å². The van der Waals surface area contributed by atoms with Gasteiger partial charge in [0.05, 0.1) is 11.4 Å². The summed E-state index contributed by atoms with van der Waals surface area (Å²) in [6.45, 7) is 5.32. The van der Waals surface area contributed by atoms with E-state index in [2.05, 4.69) is 17.1 Å². The average molecular weight is 237 g/mol. The second kappa shape index (κ2) is 5.36. The van der Waals surface area contributed by atoms with E-state index in [1.807, 2.05) is 0 Å². The number of benzene rings is 1. The van der Waals surface area contributed by atoms with Crippen LogP contribution < -0.4 is 11.1 Å². The topological polar surface area (TPSA) is 41.3 Å². The summed E-state index contributed by atoms with van der Waals surface area (Å²) in [6, 6.07) is 4.88. The van der Waals surface area contributed by atoms with Crippen molar-refractivity contribution in [2.24, 2.45) is 0 Å². The zero-order chi connectivity index (χ0) is 12.3. The molecule has 0 amide bonds. The van der Waals surface area contributed by atoms with Gasteiger partial charge in [-0.2, -0.15) is 0 Å². The molecule has 0 saturated carbocycles. The molecule has 0 aromatic heterocycles. The summed E-state index contributed by atoms with van der Waals surface area (Å²) < 4.78 is 13.1. The summed E-state index contributed by atoms with van der Waals surface area (Å²) in [6.07, 6.45) is 2.57. The third kappa shape index (κ3) is 3.09. The maximum atomic E-state index is 13.1. The minimum absolute atomic E-state index is 0.254. The second-order valence-corrected chi connectivity index (χ2v) is 4.70. The van der Waals surface area contributed by atoms with Crippen LogP contribution in [-0.4, -0.2) is 30.6 Å². The smallest absolute Gasteiger partial charge is 0.125 e. The average Bonchev–Trinajstić information content (AvgIpc) is 2.83.